The fraction of sp³-hybridized carbons (Fsp3) is 0.308. The van der Waals surface area contributed by atoms with Gasteiger partial charge in [0.05, 0.1) is 25.1 Å². The standard InChI is InChI=1S/C13H16N2O2S/c1-16-13-12(4-3-7-14-13)15-8-10-5-6-11(17-10)9-18-2/h3-7,15H,8-9H2,1-2H3. The van der Waals surface area contributed by atoms with Crippen molar-refractivity contribution in [3.63, 3.8) is 0 Å². The highest BCUT2D eigenvalue weighted by molar-refractivity contribution is 7.97. The number of nitrogens with zero attached hydrogens (tertiary/aromatic N) is 1. The zero-order chi connectivity index (χ0) is 12.8. The molecular weight excluding hydrogens is 248 g/mol. The van der Waals surface area contributed by atoms with Crippen molar-refractivity contribution in [3.05, 3.63) is 42.0 Å². The molecule has 2 aromatic heterocycles. The molecule has 2 heterocycles. The highest BCUT2D eigenvalue weighted by Gasteiger charge is 2.05. The Kier molecular flexibility index (Phi) is 4.52. The van der Waals surface area contributed by atoms with Gasteiger partial charge in [-0.05, 0) is 30.5 Å². The first-order valence-corrected chi connectivity index (χ1v) is 7.02. The van der Waals surface area contributed by atoms with Crippen molar-refractivity contribution in [2.75, 3.05) is 18.7 Å². The quantitative estimate of drug-likeness (QED) is 0.868. The zero-order valence-electron chi connectivity index (χ0n) is 10.5. The molecule has 0 saturated carbocycles. The average molecular weight is 264 g/mol. The number of aromatic nitrogens is 1. The lowest BCUT2D eigenvalue weighted by molar-refractivity contribution is 0.399. The van der Waals surface area contributed by atoms with Gasteiger partial charge in [0.25, 0.3) is 0 Å². The second kappa shape index (κ2) is 6.35. The van der Waals surface area contributed by atoms with Crippen molar-refractivity contribution in [3.8, 4) is 5.88 Å². The number of rotatable bonds is 6. The van der Waals surface area contributed by atoms with Crippen LogP contribution in [0.3, 0.4) is 0 Å². The molecule has 2 aromatic rings. The molecule has 5 heteroatoms. The summed E-state index contributed by atoms with van der Waals surface area (Å²) in [5, 5.41) is 3.25. The fourth-order valence-electron chi connectivity index (χ4n) is 1.61. The smallest absolute Gasteiger partial charge is 0.237 e. The normalized spacial score (nSPS) is 10.3. The molecule has 18 heavy (non-hydrogen) atoms. The predicted octanol–water partition coefficient (Wildman–Crippen LogP) is 3.16. The van der Waals surface area contributed by atoms with Gasteiger partial charge in [0.15, 0.2) is 0 Å². The van der Waals surface area contributed by atoms with Gasteiger partial charge in [0.1, 0.15) is 11.5 Å². The van der Waals surface area contributed by atoms with Gasteiger partial charge in [0, 0.05) is 6.20 Å². The minimum absolute atomic E-state index is 0.591. The number of methoxy groups -OCH3 is 1. The second-order valence-electron chi connectivity index (χ2n) is 3.71. The summed E-state index contributed by atoms with van der Waals surface area (Å²) < 4.78 is 10.8. The molecule has 0 aliphatic rings. The SMILES string of the molecule is COc1ncccc1NCc1ccc(CSC)o1. The summed E-state index contributed by atoms with van der Waals surface area (Å²) in [5.74, 6) is 3.40. The van der Waals surface area contributed by atoms with Crippen LogP contribution in [-0.2, 0) is 12.3 Å². The topological polar surface area (TPSA) is 47.3 Å². The van der Waals surface area contributed by atoms with Crippen molar-refractivity contribution in [1.29, 1.82) is 0 Å². The van der Waals surface area contributed by atoms with E-state index in [9.17, 15) is 0 Å². The van der Waals surface area contributed by atoms with E-state index in [0.29, 0.717) is 12.4 Å². The molecule has 0 spiro atoms. The Morgan fingerprint density at radius 1 is 1.33 bits per heavy atom. The Bertz CT molecular complexity index is 499. The van der Waals surface area contributed by atoms with Gasteiger partial charge in [-0.3, -0.25) is 0 Å². The van der Waals surface area contributed by atoms with E-state index in [4.69, 9.17) is 9.15 Å². The van der Waals surface area contributed by atoms with E-state index in [0.717, 1.165) is 23.0 Å². The summed E-state index contributed by atoms with van der Waals surface area (Å²) in [4.78, 5) is 4.13. The van der Waals surface area contributed by atoms with Crippen LogP contribution in [-0.4, -0.2) is 18.3 Å². The molecule has 4 nitrogen and oxygen atoms in total. The molecule has 0 unspecified atom stereocenters. The van der Waals surface area contributed by atoms with Crippen LogP contribution in [0.4, 0.5) is 5.69 Å². The Balaban J connectivity index is 1.97. The van der Waals surface area contributed by atoms with Gasteiger partial charge >= 0.3 is 0 Å². The minimum atomic E-state index is 0.591. The number of ether oxygens (including phenoxy) is 1. The first-order chi connectivity index (χ1) is 8.83. The Labute approximate surface area is 111 Å². The molecule has 0 saturated heterocycles. The maximum absolute atomic E-state index is 5.67. The van der Waals surface area contributed by atoms with E-state index in [1.807, 2.05) is 24.3 Å². The van der Waals surface area contributed by atoms with Gasteiger partial charge in [-0.25, -0.2) is 4.98 Å². The van der Waals surface area contributed by atoms with E-state index in [-0.39, 0.29) is 0 Å². The second-order valence-corrected chi connectivity index (χ2v) is 4.58. The summed E-state index contributed by atoms with van der Waals surface area (Å²) in [6.07, 6.45) is 3.76. The third kappa shape index (κ3) is 3.20. The van der Waals surface area contributed by atoms with Crippen molar-refractivity contribution >= 4 is 17.4 Å². The molecular formula is C13H16N2O2S. The van der Waals surface area contributed by atoms with Crippen LogP contribution in [0.1, 0.15) is 11.5 Å². The van der Waals surface area contributed by atoms with Crippen LogP contribution < -0.4 is 10.1 Å². The molecule has 0 aliphatic heterocycles. The summed E-state index contributed by atoms with van der Waals surface area (Å²) in [6.45, 7) is 0.621. The summed E-state index contributed by atoms with van der Waals surface area (Å²) in [7, 11) is 1.61. The summed E-state index contributed by atoms with van der Waals surface area (Å²) in [5.41, 5.74) is 0.864. The maximum atomic E-state index is 5.67. The average Bonchev–Trinajstić information content (AvgIpc) is 2.85. The monoisotopic (exact) mass is 264 g/mol. The number of furan rings is 1. The van der Waals surface area contributed by atoms with E-state index >= 15 is 0 Å². The number of hydrogen-bond acceptors (Lipinski definition) is 5. The van der Waals surface area contributed by atoms with Gasteiger partial charge in [-0.1, -0.05) is 0 Å². The van der Waals surface area contributed by atoms with Crippen molar-refractivity contribution in [1.82, 2.24) is 4.98 Å². The molecule has 0 radical (unpaired) electrons. The van der Waals surface area contributed by atoms with Crippen LogP contribution in [0.2, 0.25) is 0 Å². The molecule has 96 valence electrons. The van der Waals surface area contributed by atoms with Crippen molar-refractivity contribution in [2.24, 2.45) is 0 Å². The molecule has 1 N–H and O–H groups in total. The predicted molar refractivity (Wildman–Crippen MR) is 74.0 cm³/mol. The minimum Gasteiger partial charge on any atom is -0.480 e. The number of nitrogens with one attached hydrogen (secondary N) is 1. The van der Waals surface area contributed by atoms with E-state index in [2.05, 4.69) is 16.6 Å². The number of pyridine rings is 1. The summed E-state index contributed by atoms with van der Waals surface area (Å²) >= 11 is 1.74. The molecule has 0 aromatic carbocycles. The van der Waals surface area contributed by atoms with Crippen LogP contribution in [0, 0.1) is 0 Å². The van der Waals surface area contributed by atoms with E-state index in [1.54, 1.807) is 25.1 Å². The lowest BCUT2D eigenvalue weighted by Crippen LogP contribution is -2.01. The molecule has 0 fully saturated rings. The van der Waals surface area contributed by atoms with E-state index < -0.39 is 0 Å². The Morgan fingerprint density at radius 3 is 2.94 bits per heavy atom. The van der Waals surface area contributed by atoms with Crippen molar-refractivity contribution < 1.29 is 9.15 Å². The molecule has 0 aliphatic carbocycles. The largest absolute Gasteiger partial charge is 0.480 e. The zero-order valence-corrected chi connectivity index (χ0v) is 11.3. The maximum Gasteiger partial charge on any atom is 0.237 e. The van der Waals surface area contributed by atoms with Crippen molar-refractivity contribution in [2.45, 2.75) is 12.3 Å². The van der Waals surface area contributed by atoms with Crippen LogP contribution in [0.25, 0.3) is 0 Å². The lowest BCUT2D eigenvalue weighted by Gasteiger charge is -2.08. The molecule has 0 atom stereocenters. The number of anilines is 1. The first kappa shape index (κ1) is 12.8. The van der Waals surface area contributed by atoms with Crippen LogP contribution in [0.5, 0.6) is 5.88 Å². The lowest BCUT2D eigenvalue weighted by atomic mass is 10.3. The molecule has 0 bridgehead atoms. The fourth-order valence-corrected chi connectivity index (χ4v) is 2.05. The highest BCUT2D eigenvalue weighted by atomic mass is 32.2. The summed E-state index contributed by atoms with van der Waals surface area (Å²) in [6, 6.07) is 7.79. The number of hydrogen-bond donors (Lipinski definition) is 1. The van der Waals surface area contributed by atoms with Gasteiger partial charge in [0.2, 0.25) is 5.88 Å². The van der Waals surface area contributed by atoms with Crippen LogP contribution >= 0.6 is 11.8 Å². The van der Waals surface area contributed by atoms with Gasteiger partial charge in [-0.15, -0.1) is 0 Å². The first-order valence-electron chi connectivity index (χ1n) is 5.63. The van der Waals surface area contributed by atoms with Gasteiger partial charge < -0.3 is 14.5 Å². The Morgan fingerprint density at radius 2 is 2.17 bits per heavy atom. The Hall–Kier alpha value is -1.62. The third-order valence-corrected chi connectivity index (χ3v) is 2.99. The van der Waals surface area contributed by atoms with Gasteiger partial charge in [-0.2, -0.15) is 11.8 Å². The van der Waals surface area contributed by atoms with E-state index in [1.165, 1.54) is 0 Å². The molecule has 2 rings (SSSR count). The molecule has 0 amide bonds. The third-order valence-electron chi connectivity index (χ3n) is 2.42. The highest BCUT2D eigenvalue weighted by Crippen LogP contribution is 2.21. The number of thioether (sulfide) groups is 1. The van der Waals surface area contributed by atoms with Crippen LogP contribution in [0.15, 0.2) is 34.9 Å².